The number of guanidine groups is 1. The van der Waals surface area contributed by atoms with Gasteiger partial charge in [-0.2, -0.15) is 13.9 Å². The van der Waals surface area contributed by atoms with E-state index in [9.17, 15) is 8.78 Å². The predicted octanol–water partition coefficient (Wildman–Crippen LogP) is 4.37. The second kappa shape index (κ2) is 12.7. The van der Waals surface area contributed by atoms with Crippen molar-refractivity contribution in [1.82, 2.24) is 20.0 Å². The second-order valence-electron chi connectivity index (χ2n) is 7.26. The third-order valence-corrected chi connectivity index (χ3v) is 4.44. The minimum absolute atomic E-state index is 0. The second-order valence-corrected chi connectivity index (χ2v) is 7.26. The molecule has 0 aliphatic heterocycles. The van der Waals surface area contributed by atoms with Crippen molar-refractivity contribution in [2.45, 2.75) is 46.4 Å². The number of benzene rings is 1. The molecule has 1 aromatic heterocycles. The fourth-order valence-corrected chi connectivity index (χ4v) is 3.14. The topological polar surface area (TPSA) is 63.9 Å². The molecular formula is C21H32F2IN5O2. The van der Waals surface area contributed by atoms with Crippen molar-refractivity contribution in [2.24, 2.45) is 12.0 Å². The zero-order valence-corrected chi connectivity index (χ0v) is 21.2. The molecule has 2 rings (SSSR count). The van der Waals surface area contributed by atoms with Crippen molar-refractivity contribution in [1.29, 1.82) is 0 Å². The van der Waals surface area contributed by atoms with Crippen molar-refractivity contribution in [3.05, 3.63) is 41.2 Å². The van der Waals surface area contributed by atoms with Gasteiger partial charge in [0.2, 0.25) is 0 Å². The van der Waals surface area contributed by atoms with Crippen LogP contribution in [0.4, 0.5) is 8.78 Å². The number of aryl methyl sites for hydroxylation is 1. The largest absolute Gasteiger partial charge is 0.493 e. The van der Waals surface area contributed by atoms with Gasteiger partial charge in [-0.3, -0.25) is 4.68 Å². The van der Waals surface area contributed by atoms with E-state index in [0.29, 0.717) is 31.5 Å². The highest BCUT2D eigenvalue weighted by Crippen LogP contribution is 2.29. The summed E-state index contributed by atoms with van der Waals surface area (Å²) in [7, 11) is 5.28. The van der Waals surface area contributed by atoms with Crippen molar-refractivity contribution in [3.8, 4) is 11.5 Å². The van der Waals surface area contributed by atoms with Crippen LogP contribution in [0.2, 0.25) is 0 Å². The van der Waals surface area contributed by atoms with Crippen LogP contribution in [0.15, 0.2) is 29.4 Å². The van der Waals surface area contributed by atoms with E-state index in [1.165, 1.54) is 13.2 Å². The van der Waals surface area contributed by atoms with Crippen molar-refractivity contribution in [3.63, 3.8) is 0 Å². The minimum atomic E-state index is -2.92. The standard InChI is InChI=1S/C21H31F2N5O2.HI/c1-7-24-21(27(4)12-16-13-28(5)26-19(16)14(2)3)25-11-15-8-9-17(29-6)18(10-15)30-20(22)23;/h8-10,13-14,20H,7,11-12H2,1-6H3,(H,24,25);1H. The zero-order valence-electron chi connectivity index (χ0n) is 18.9. The molecule has 174 valence electrons. The van der Waals surface area contributed by atoms with Crippen LogP contribution >= 0.6 is 24.0 Å². The van der Waals surface area contributed by atoms with E-state index in [-0.39, 0.29) is 35.5 Å². The summed E-state index contributed by atoms with van der Waals surface area (Å²) >= 11 is 0. The molecule has 0 fully saturated rings. The van der Waals surface area contributed by atoms with Crippen molar-refractivity contribution in [2.75, 3.05) is 20.7 Å². The number of aromatic nitrogens is 2. The highest BCUT2D eigenvalue weighted by molar-refractivity contribution is 14.0. The number of hydrogen-bond acceptors (Lipinski definition) is 4. The number of rotatable bonds is 9. The smallest absolute Gasteiger partial charge is 0.387 e. The normalized spacial score (nSPS) is 11.5. The molecule has 0 radical (unpaired) electrons. The van der Waals surface area contributed by atoms with Crippen molar-refractivity contribution < 1.29 is 18.3 Å². The SMILES string of the molecule is CCNC(=NCc1ccc(OC)c(OC(F)F)c1)N(C)Cc1cn(C)nc1C(C)C.I. The van der Waals surface area contributed by atoms with Gasteiger partial charge in [-0.15, -0.1) is 24.0 Å². The van der Waals surface area contributed by atoms with E-state index in [4.69, 9.17) is 4.74 Å². The molecule has 7 nitrogen and oxygen atoms in total. The summed E-state index contributed by atoms with van der Waals surface area (Å²) < 4.78 is 36.8. The summed E-state index contributed by atoms with van der Waals surface area (Å²) in [6.07, 6.45) is 2.02. The Morgan fingerprint density at radius 3 is 2.58 bits per heavy atom. The molecule has 1 heterocycles. The number of nitrogens with zero attached hydrogens (tertiary/aromatic N) is 4. The number of halogens is 3. The molecule has 0 atom stereocenters. The van der Waals surface area contributed by atoms with E-state index in [1.807, 2.05) is 36.8 Å². The fraction of sp³-hybridized carbons (Fsp3) is 0.524. The Kier molecular flexibility index (Phi) is 11.0. The van der Waals surface area contributed by atoms with Gasteiger partial charge < -0.3 is 19.7 Å². The van der Waals surface area contributed by atoms with E-state index >= 15 is 0 Å². The van der Waals surface area contributed by atoms with Crippen LogP contribution in [0, 0.1) is 0 Å². The average molecular weight is 551 g/mol. The van der Waals surface area contributed by atoms with E-state index in [2.05, 4.69) is 34.0 Å². The Morgan fingerprint density at radius 2 is 2.00 bits per heavy atom. The lowest BCUT2D eigenvalue weighted by molar-refractivity contribution is -0.0512. The van der Waals surface area contributed by atoms with Crippen LogP contribution in [0.5, 0.6) is 11.5 Å². The van der Waals surface area contributed by atoms with Gasteiger partial charge in [0, 0.05) is 38.9 Å². The summed E-state index contributed by atoms with van der Waals surface area (Å²) in [6.45, 7) is 4.97. The van der Waals surface area contributed by atoms with E-state index in [1.54, 1.807) is 12.1 Å². The fourth-order valence-electron chi connectivity index (χ4n) is 3.14. The summed E-state index contributed by atoms with van der Waals surface area (Å²) in [5, 5.41) is 7.82. The zero-order chi connectivity index (χ0) is 22.3. The molecule has 0 amide bonds. The lowest BCUT2D eigenvalue weighted by Crippen LogP contribution is -2.38. The van der Waals surface area contributed by atoms with Crippen LogP contribution in [-0.4, -0.2) is 48.0 Å². The Labute approximate surface area is 199 Å². The first kappa shape index (κ1) is 26.9. The van der Waals surface area contributed by atoms with Crippen LogP contribution in [0.1, 0.15) is 43.5 Å². The molecule has 0 aliphatic carbocycles. The maximum Gasteiger partial charge on any atom is 0.387 e. The third kappa shape index (κ3) is 7.82. The average Bonchev–Trinajstić information content (AvgIpc) is 3.05. The summed E-state index contributed by atoms with van der Waals surface area (Å²) in [4.78, 5) is 6.68. The molecule has 1 aromatic carbocycles. The van der Waals surface area contributed by atoms with Gasteiger partial charge in [0.1, 0.15) is 0 Å². The van der Waals surface area contributed by atoms with Gasteiger partial charge in [-0.1, -0.05) is 19.9 Å². The highest BCUT2D eigenvalue weighted by atomic mass is 127. The van der Waals surface area contributed by atoms with Gasteiger partial charge >= 0.3 is 6.61 Å². The number of hydrogen-bond donors (Lipinski definition) is 1. The van der Waals surface area contributed by atoms with Gasteiger partial charge in [0.25, 0.3) is 0 Å². The molecule has 31 heavy (non-hydrogen) atoms. The molecule has 2 aromatic rings. The number of aliphatic imine (C=N–C) groups is 1. The Hall–Kier alpha value is -2.11. The first-order chi connectivity index (χ1) is 14.2. The molecular weight excluding hydrogens is 519 g/mol. The molecule has 10 heteroatoms. The quantitative estimate of drug-likeness (QED) is 0.285. The highest BCUT2D eigenvalue weighted by Gasteiger charge is 2.16. The molecule has 1 N–H and O–H groups in total. The Balaban J connectivity index is 0.00000480. The lowest BCUT2D eigenvalue weighted by Gasteiger charge is -2.22. The maximum absolute atomic E-state index is 12.7. The molecule has 0 saturated carbocycles. The molecule has 0 bridgehead atoms. The van der Waals surface area contributed by atoms with Gasteiger partial charge in [0.05, 0.1) is 19.3 Å². The van der Waals surface area contributed by atoms with Crippen LogP contribution in [0.25, 0.3) is 0 Å². The van der Waals surface area contributed by atoms with Gasteiger partial charge in [0.15, 0.2) is 17.5 Å². The number of nitrogens with one attached hydrogen (secondary N) is 1. The maximum atomic E-state index is 12.7. The molecule has 0 aliphatic rings. The Morgan fingerprint density at radius 1 is 1.29 bits per heavy atom. The summed E-state index contributed by atoms with van der Waals surface area (Å²) in [5.41, 5.74) is 2.93. The minimum Gasteiger partial charge on any atom is -0.493 e. The van der Waals surface area contributed by atoms with E-state index < -0.39 is 6.61 Å². The van der Waals surface area contributed by atoms with Crippen LogP contribution in [-0.2, 0) is 20.1 Å². The molecule has 0 saturated heterocycles. The molecule has 0 spiro atoms. The van der Waals surface area contributed by atoms with Crippen molar-refractivity contribution >= 4 is 29.9 Å². The van der Waals surface area contributed by atoms with Crippen LogP contribution in [0.3, 0.4) is 0 Å². The van der Waals surface area contributed by atoms with E-state index in [0.717, 1.165) is 16.8 Å². The lowest BCUT2D eigenvalue weighted by atomic mass is 10.1. The third-order valence-electron chi connectivity index (χ3n) is 4.44. The predicted molar refractivity (Wildman–Crippen MR) is 129 cm³/mol. The monoisotopic (exact) mass is 551 g/mol. The van der Waals surface area contributed by atoms with Gasteiger partial charge in [-0.25, -0.2) is 4.99 Å². The number of ether oxygens (including phenoxy) is 2. The summed E-state index contributed by atoms with van der Waals surface area (Å²) in [6, 6.07) is 4.90. The van der Waals surface area contributed by atoms with Crippen LogP contribution < -0.4 is 14.8 Å². The number of alkyl halides is 2. The first-order valence-corrected chi connectivity index (χ1v) is 9.88. The Bertz CT molecular complexity index is 858. The molecule has 0 unspecified atom stereocenters. The number of methoxy groups -OCH3 is 1. The summed E-state index contributed by atoms with van der Waals surface area (Å²) in [5.74, 6) is 1.28. The van der Waals surface area contributed by atoms with Gasteiger partial charge in [-0.05, 0) is 30.5 Å². The first-order valence-electron chi connectivity index (χ1n) is 9.88.